The summed E-state index contributed by atoms with van der Waals surface area (Å²) in [4.78, 5) is 10.7. The van der Waals surface area contributed by atoms with Crippen molar-refractivity contribution in [1.82, 2.24) is 9.97 Å². The molecule has 6 nitrogen and oxygen atoms in total. The molecule has 1 atom stereocenters. The van der Waals surface area contributed by atoms with E-state index in [1.54, 1.807) is 0 Å². The number of hydrogen-bond acceptors (Lipinski definition) is 7. The lowest BCUT2D eigenvalue weighted by molar-refractivity contribution is 0.122. The molecule has 1 unspecified atom stereocenters. The topological polar surface area (TPSA) is 79.1 Å². The monoisotopic (exact) mass is 334 g/mol. The van der Waals surface area contributed by atoms with Crippen molar-refractivity contribution in [3.8, 4) is 6.07 Å². The van der Waals surface area contributed by atoms with E-state index in [0.717, 1.165) is 4.21 Å². The third-order valence-corrected chi connectivity index (χ3v) is 5.84. The minimum absolute atomic E-state index is 0.254. The third-order valence-electron chi connectivity index (χ3n) is 3.23. The Morgan fingerprint density at radius 2 is 2.27 bits per heavy atom. The molecule has 8 heteroatoms. The number of aromatic nitrogens is 2. The van der Waals surface area contributed by atoms with E-state index >= 15 is 0 Å². The Bertz CT molecular complexity index is 706. The number of nitriles is 1. The van der Waals surface area contributed by atoms with Crippen LogP contribution in [0.3, 0.4) is 0 Å². The fourth-order valence-electron chi connectivity index (χ4n) is 2.15. The molecule has 2 aromatic heterocycles. The summed E-state index contributed by atoms with van der Waals surface area (Å²) < 4.78 is 18.4. The first-order valence-corrected chi connectivity index (χ1v) is 8.98. The van der Waals surface area contributed by atoms with Crippen molar-refractivity contribution in [3.63, 3.8) is 0 Å². The molecule has 0 aromatic carbocycles. The first kappa shape index (κ1) is 15.1. The number of anilines is 1. The number of thiophene rings is 1. The summed E-state index contributed by atoms with van der Waals surface area (Å²) in [6.07, 6.45) is 1.51. The van der Waals surface area contributed by atoms with Crippen LogP contribution in [-0.4, -0.2) is 40.5 Å². The van der Waals surface area contributed by atoms with Crippen LogP contribution in [0.5, 0.6) is 0 Å². The zero-order valence-electron chi connectivity index (χ0n) is 11.8. The molecule has 3 rings (SSSR count). The Labute approximate surface area is 134 Å². The molecule has 0 N–H and O–H groups in total. The second-order valence-electron chi connectivity index (χ2n) is 4.66. The maximum atomic E-state index is 12.3. The van der Waals surface area contributed by atoms with E-state index < -0.39 is 10.8 Å². The minimum Gasteiger partial charge on any atom is -0.378 e. The molecular formula is C14H14N4O2S2. The highest BCUT2D eigenvalue weighted by Gasteiger charge is 2.18. The average molecular weight is 334 g/mol. The molecule has 3 heterocycles. The van der Waals surface area contributed by atoms with Gasteiger partial charge in [-0.05, 0) is 11.4 Å². The maximum absolute atomic E-state index is 12.3. The lowest BCUT2D eigenvalue weighted by Crippen LogP contribution is -2.37. The molecule has 0 amide bonds. The molecule has 0 bridgehead atoms. The first-order valence-electron chi connectivity index (χ1n) is 6.78. The van der Waals surface area contributed by atoms with E-state index in [0.29, 0.717) is 43.5 Å². The summed E-state index contributed by atoms with van der Waals surface area (Å²) in [6, 6.07) is 5.83. The van der Waals surface area contributed by atoms with Crippen LogP contribution in [0.25, 0.3) is 0 Å². The van der Waals surface area contributed by atoms with Crippen molar-refractivity contribution in [1.29, 1.82) is 5.26 Å². The number of ether oxygens (including phenoxy) is 1. The van der Waals surface area contributed by atoms with Gasteiger partial charge in [-0.3, -0.25) is 4.21 Å². The zero-order chi connectivity index (χ0) is 15.4. The quantitative estimate of drug-likeness (QED) is 0.844. The summed E-state index contributed by atoms with van der Waals surface area (Å²) in [5, 5.41) is 11.1. The van der Waals surface area contributed by atoms with Crippen LogP contribution in [0, 0.1) is 11.3 Å². The Kier molecular flexibility index (Phi) is 4.77. The van der Waals surface area contributed by atoms with E-state index in [4.69, 9.17) is 4.74 Å². The van der Waals surface area contributed by atoms with Crippen molar-refractivity contribution in [2.45, 2.75) is 9.96 Å². The fourth-order valence-corrected chi connectivity index (χ4v) is 4.12. The van der Waals surface area contributed by atoms with Gasteiger partial charge in [-0.2, -0.15) is 5.26 Å². The molecule has 1 fully saturated rings. The standard InChI is InChI=1S/C14H14N4O2S2/c15-8-11-9-16-12(10-22(19)13-2-1-7-21-13)17-14(11)18-3-5-20-6-4-18/h1-2,7,9H,3-6,10H2. The number of nitrogens with zero attached hydrogens (tertiary/aromatic N) is 4. The summed E-state index contributed by atoms with van der Waals surface area (Å²) in [6.45, 7) is 2.62. The SMILES string of the molecule is N#Cc1cnc(CS(=O)c2cccs2)nc1N1CCOCC1. The van der Waals surface area contributed by atoms with Crippen molar-refractivity contribution < 1.29 is 8.95 Å². The molecular weight excluding hydrogens is 320 g/mol. The Hall–Kier alpha value is -1.82. The predicted octanol–water partition coefficient (Wildman–Crippen LogP) is 1.55. The van der Waals surface area contributed by atoms with E-state index in [1.807, 2.05) is 22.4 Å². The van der Waals surface area contributed by atoms with E-state index in [9.17, 15) is 9.47 Å². The van der Waals surface area contributed by atoms with Crippen molar-refractivity contribution >= 4 is 28.0 Å². The van der Waals surface area contributed by atoms with Gasteiger partial charge < -0.3 is 9.64 Å². The predicted molar refractivity (Wildman–Crippen MR) is 84.2 cm³/mol. The third kappa shape index (κ3) is 3.32. The van der Waals surface area contributed by atoms with E-state index in [2.05, 4.69) is 16.0 Å². The summed E-state index contributed by atoms with van der Waals surface area (Å²) in [5.74, 6) is 1.36. The average Bonchev–Trinajstić information content (AvgIpc) is 3.10. The van der Waals surface area contributed by atoms with E-state index in [-0.39, 0.29) is 5.75 Å². The van der Waals surface area contributed by atoms with Crippen molar-refractivity contribution in [2.24, 2.45) is 0 Å². The van der Waals surface area contributed by atoms with Crippen LogP contribution in [0.1, 0.15) is 11.4 Å². The molecule has 1 aliphatic heterocycles. The van der Waals surface area contributed by atoms with Gasteiger partial charge in [-0.25, -0.2) is 9.97 Å². The molecule has 1 saturated heterocycles. The molecule has 114 valence electrons. The van der Waals surface area contributed by atoms with Crippen molar-refractivity contribution in [2.75, 3.05) is 31.2 Å². The van der Waals surface area contributed by atoms with Gasteiger partial charge in [0.05, 0.1) is 40.2 Å². The second-order valence-corrected chi connectivity index (χ2v) is 7.28. The van der Waals surface area contributed by atoms with E-state index in [1.165, 1.54) is 17.5 Å². The smallest absolute Gasteiger partial charge is 0.150 e. The lowest BCUT2D eigenvalue weighted by Gasteiger charge is -2.28. The largest absolute Gasteiger partial charge is 0.378 e. The second kappa shape index (κ2) is 6.96. The molecule has 0 saturated carbocycles. The highest BCUT2D eigenvalue weighted by Crippen LogP contribution is 2.20. The number of hydrogen-bond donors (Lipinski definition) is 0. The van der Waals surface area contributed by atoms with Crippen molar-refractivity contribution in [3.05, 3.63) is 35.1 Å². The first-order chi connectivity index (χ1) is 10.8. The number of rotatable bonds is 4. The Morgan fingerprint density at radius 1 is 1.45 bits per heavy atom. The molecule has 1 aliphatic rings. The normalized spacial score (nSPS) is 16.2. The van der Waals surface area contributed by atoms with Gasteiger partial charge in [0.2, 0.25) is 0 Å². The highest BCUT2D eigenvalue weighted by atomic mass is 32.2. The summed E-state index contributed by atoms with van der Waals surface area (Å²) in [7, 11) is -1.16. The minimum atomic E-state index is -1.16. The van der Waals surface area contributed by atoms with Gasteiger partial charge in [0.25, 0.3) is 0 Å². The van der Waals surface area contributed by atoms with Crippen LogP contribution in [0.2, 0.25) is 0 Å². The van der Waals surface area contributed by atoms with Crippen LogP contribution in [-0.2, 0) is 21.3 Å². The molecule has 0 aliphatic carbocycles. The molecule has 0 spiro atoms. The van der Waals surface area contributed by atoms with Gasteiger partial charge in [-0.15, -0.1) is 11.3 Å². The fraction of sp³-hybridized carbons (Fsp3) is 0.357. The van der Waals surface area contributed by atoms with Gasteiger partial charge in [0.15, 0.2) is 5.82 Å². The Morgan fingerprint density at radius 3 is 2.95 bits per heavy atom. The zero-order valence-corrected chi connectivity index (χ0v) is 13.4. The van der Waals surface area contributed by atoms with Crippen LogP contribution in [0.15, 0.2) is 27.9 Å². The van der Waals surface area contributed by atoms with Gasteiger partial charge in [0.1, 0.15) is 17.5 Å². The summed E-state index contributed by atoms with van der Waals surface area (Å²) in [5.41, 5.74) is 0.438. The number of morpholine rings is 1. The molecule has 0 radical (unpaired) electrons. The Balaban J connectivity index is 1.83. The molecule has 2 aromatic rings. The van der Waals surface area contributed by atoms with Crippen LogP contribution >= 0.6 is 11.3 Å². The van der Waals surface area contributed by atoms with Gasteiger partial charge in [-0.1, -0.05) is 6.07 Å². The summed E-state index contributed by atoms with van der Waals surface area (Å²) >= 11 is 1.46. The maximum Gasteiger partial charge on any atom is 0.150 e. The van der Waals surface area contributed by atoms with Gasteiger partial charge in [0, 0.05) is 13.1 Å². The van der Waals surface area contributed by atoms with Crippen LogP contribution < -0.4 is 4.90 Å². The lowest BCUT2D eigenvalue weighted by atomic mass is 10.3. The molecule has 22 heavy (non-hydrogen) atoms. The van der Waals surface area contributed by atoms with Gasteiger partial charge >= 0.3 is 0 Å². The highest BCUT2D eigenvalue weighted by molar-refractivity contribution is 7.86. The van der Waals surface area contributed by atoms with Crippen LogP contribution in [0.4, 0.5) is 5.82 Å².